The Bertz CT molecular complexity index is 692. The van der Waals surface area contributed by atoms with Gasteiger partial charge in [-0.15, -0.1) is 0 Å². The van der Waals surface area contributed by atoms with Gasteiger partial charge >= 0.3 is 6.09 Å². The molecule has 7 heteroatoms. The standard InChI is InChI=1S/C16H19N3O4/c1-4-13-14(10(2)23-19-13)15(20)17-9-11-5-7-12(8-6-11)18-16(21)22-3/h5-8H,4,9H2,1-3H3,(H,17,20)(H,18,21). The van der Waals surface area contributed by atoms with E-state index in [9.17, 15) is 9.59 Å². The summed E-state index contributed by atoms with van der Waals surface area (Å²) in [5.41, 5.74) is 2.67. The predicted molar refractivity (Wildman–Crippen MR) is 84.3 cm³/mol. The number of anilines is 1. The van der Waals surface area contributed by atoms with Crippen LogP contribution in [-0.4, -0.2) is 24.3 Å². The molecule has 0 aliphatic rings. The molecule has 2 aromatic rings. The second kappa shape index (κ2) is 7.44. The van der Waals surface area contributed by atoms with Crippen LogP contribution in [0.4, 0.5) is 10.5 Å². The fourth-order valence-corrected chi connectivity index (χ4v) is 2.10. The molecular formula is C16H19N3O4. The molecule has 2 amide bonds. The highest BCUT2D eigenvalue weighted by Crippen LogP contribution is 2.14. The Labute approximate surface area is 134 Å². The van der Waals surface area contributed by atoms with Crippen molar-refractivity contribution in [2.45, 2.75) is 26.8 Å². The van der Waals surface area contributed by atoms with Crippen LogP contribution < -0.4 is 10.6 Å². The highest BCUT2D eigenvalue weighted by Gasteiger charge is 2.18. The molecule has 0 atom stereocenters. The normalized spacial score (nSPS) is 10.2. The topological polar surface area (TPSA) is 93.5 Å². The third-order valence-corrected chi connectivity index (χ3v) is 3.33. The SMILES string of the molecule is CCc1noc(C)c1C(=O)NCc1ccc(NC(=O)OC)cc1. The van der Waals surface area contributed by atoms with Crippen LogP contribution in [0, 0.1) is 6.92 Å². The van der Waals surface area contributed by atoms with E-state index in [4.69, 9.17) is 4.52 Å². The molecule has 23 heavy (non-hydrogen) atoms. The minimum absolute atomic E-state index is 0.211. The second-order valence-electron chi connectivity index (χ2n) is 4.91. The number of hydrogen-bond donors (Lipinski definition) is 2. The van der Waals surface area contributed by atoms with Crippen LogP contribution >= 0.6 is 0 Å². The van der Waals surface area contributed by atoms with Gasteiger partial charge in [0.1, 0.15) is 11.3 Å². The van der Waals surface area contributed by atoms with Crippen molar-refractivity contribution in [3.8, 4) is 0 Å². The van der Waals surface area contributed by atoms with E-state index >= 15 is 0 Å². The zero-order valence-electron chi connectivity index (χ0n) is 13.3. The summed E-state index contributed by atoms with van der Waals surface area (Å²) in [6.07, 6.45) is 0.106. The Hall–Kier alpha value is -2.83. The quantitative estimate of drug-likeness (QED) is 0.884. The average molecular weight is 317 g/mol. The number of ether oxygens (including phenoxy) is 1. The van der Waals surface area contributed by atoms with Gasteiger partial charge in [-0.05, 0) is 31.0 Å². The van der Waals surface area contributed by atoms with Gasteiger partial charge in [0.2, 0.25) is 0 Å². The Kier molecular flexibility index (Phi) is 5.35. The van der Waals surface area contributed by atoms with Crippen LogP contribution in [0.15, 0.2) is 28.8 Å². The lowest BCUT2D eigenvalue weighted by atomic mass is 10.1. The minimum Gasteiger partial charge on any atom is -0.453 e. The maximum atomic E-state index is 12.2. The van der Waals surface area contributed by atoms with E-state index in [1.165, 1.54) is 7.11 Å². The van der Waals surface area contributed by atoms with Crippen molar-refractivity contribution < 1.29 is 18.8 Å². The number of rotatable bonds is 5. The van der Waals surface area contributed by atoms with Crippen molar-refractivity contribution in [3.63, 3.8) is 0 Å². The van der Waals surface area contributed by atoms with Gasteiger partial charge in [-0.2, -0.15) is 0 Å². The summed E-state index contributed by atoms with van der Waals surface area (Å²) in [4.78, 5) is 23.3. The molecule has 0 spiro atoms. The number of carbonyl (C=O) groups is 2. The first kappa shape index (κ1) is 16.5. The van der Waals surface area contributed by atoms with Crippen LogP contribution in [0.1, 0.15) is 34.3 Å². The van der Waals surface area contributed by atoms with E-state index in [1.807, 2.05) is 19.1 Å². The fraction of sp³-hybridized carbons (Fsp3) is 0.312. The molecule has 7 nitrogen and oxygen atoms in total. The largest absolute Gasteiger partial charge is 0.453 e. The number of aryl methyl sites for hydroxylation is 2. The molecule has 0 aliphatic heterocycles. The van der Waals surface area contributed by atoms with Crippen molar-refractivity contribution in [1.82, 2.24) is 10.5 Å². The zero-order chi connectivity index (χ0) is 16.8. The lowest BCUT2D eigenvalue weighted by molar-refractivity contribution is 0.0948. The summed E-state index contributed by atoms with van der Waals surface area (Å²) < 4.78 is 9.58. The van der Waals surface area contributed by atoms with E-state index in [1.54, 1.807) is 19.1 Å². The third-order valence-electron chi connectivity index (χ3n) is 3.33. The fourth-order valence-electron chi connectivity index (χ4n) is 2.10. The van der Waals surface area contributed by atoms with Crippen LogP contribution in [0.5, 0.6) is 0 Å². The molecule has 0 aliphatic carbocycles. The van der Waals surface area contributed by atoms with Crippen LogP contribution in [0.2, 0.25) is 0 Å². The highest BCUT2D eigenvalue weighted by molar-refractivity contribution is 5.96. The molecule has 2 rings (SSSR count). The number of nitrogens with one attached hydrogen (secondary N) is 2. The Balaban J connectivity index is 1.96. The highest BCUT2D eigenvalue weighted by atomic mass is 16.5. The van der Waals surface area contributed by atoms with Gasteiger partial charge < -0.3 is 14.6 Å². The first-order valence-corrected chi connectivity index (χ1v) is 7.22. The van der Waals surface area contributed by atoms with Gasteiger partial charge in [0.05, 0.1) is 12.8 Å². The zero-order valence-corrected chi connectivity index (χ0v) is 13.3. The van der Waals surface area contributed by atoms with E-state index in [0.29, 0.717) is 35.7 Å². The molecule has 1 aromatic heterocycles. The van der Waals surface area contributed by atoms with E-state index < -0.39 is 6.09 Å². The van der Waals surface area contributed by atoms with Gasteiger partial charge in [-0.25, -0.2) is 4.79 Å². The molecule has 1 aromatic carbocycles. The van der Waals surface area contributed by atoms with Crippen molar-refractivity contribution in [3.05, 3.63) is 46.8 Å². The number of nitrogens with zero attached hydrogens (tertiary/aromatic N) is 1. The number of carbonyl (C=O) groups excluding carboxylic acids is 2. The average Bonchev–Trinajstić information content (AvgIpc) is 2.94. The molecule has 0 bridgehead atoms. The third kappa shape index (κ3) is 4.09. The van der Waals surface area contributed by atoms with Crippen molar-refractivity contribution >= 4 is 17.7 Å². The lowest BCUT2D eigenvalue weighted by Gasteiger charge is -2.07. The Morgan fingerprint density at radius 3 is 2.57 bits per heavy atom. The van der Waals surface area contributed by atoms with Crippen molar-refractivity contribution in [2.75, 3.05) is 12.4 Å². The predicted octanol–water partition coefficient (Wildman–Crippen LogP) is 2.65. The van der Waals surface area contributed by atoms with Gasteiger partial charge in [-0.1, -0.05) is 24.2 Å². The monoisotopic (exact) mass is 317 g/mol. The van der Waals surface area contributed by atoms with Gasteiger partial charge in [0.15, 0.2) is 0 Å². The number of benzene rings is 1. The summed E-state index contributed by atoms with van der Waals surface area (Å²) in [5.74, 6) is 0.300. The molecule has 0 unspecified atom stereocenters. The smallest absolute Gasteiger partial charge is 0.411 e. The first-order chi connectivity index (χ1) is 11.0. The molecule has 0 fully saturated rings. The van der Waals surface area contributed by atoms with E-state index in [-0.39, 0.29) is 5.91 Å². The molecule has 0 radical (unpaired) electrons. The summed E-state index contributed by atoms with van der Waals surface area (Å²) in [6.45, 7) is 4.00. The van der Waals surface area contributed by atoms with Crippen LogP contribution in [0.3, 0.4) is 0 Å². The summed E-state index contributed by atoms with van der Waals surface area (Å²) >= 11 is 0. The van der Waals surface area contributed by atoms with E-state index in [2.05, 4.69) is 20.5 Å². The number of hydrogen-bond acceptors (Lipinski definition) is 5. The molecule has 2 N–H and O–H groups in total. The molecule has 0 saturated carbocycles. The second-order valence-corrected chi connectivity index (χ2v) is 4.91. The number of methoxy groups -OCH3 is 1. The molecule has 122 valence electrons. The Morgan fingerprint density at radius 1 is 1.26 bits per heavy atom. The van der Waals surface area contributed by atoms with Gasteiger partial charge in [-0.3, -0.25) is 10.1 Å². The van der Waals surface area contributed by atoms with Crippen molar-refractivity contribution in [1.29, 1.82) is 0 Å². The van der Waals surface area contributed by atoms with Gasteiger partial charge in [0.25, 0.3) is 5.91 Å². The van der Waals surface area contributed by atoms with Crippen LogP contribution in [-0.2, 0) is 17.7 Å². The van der Waals surface area contributed by atoms with Crippen molar-refractivity contribution in [2.24, 2.45) is 0 Å². The van der Waals surface area contributed by atoms with Gasteiger partial charge in [0, 0.05) is 12.2 Å². The number of aromatic nitrogens is 1. The maximum Gasteiger partial charge on any atom is 0.411 e. The summed E-state index contributed by atoms with van der Waals surface area (Å²) in [7, 11) is 1.30. The molecule has 1 heterocycles. The molecular weight excluding hydrogens is 298 g/mol. The Morgan fingerprint density at radius 2 is 1.96 bits per heavy atom. The first-order valence-electron chi connectivity index (χ1n) is 7.22. The maximum absolute atomic E-state index is 12.2. The lowest BCUT2D eigenvalue weighted by Crippen LogP contribution is -2.24. The summed E-state index contributed by atoms with van der Waals surface area (Å²) in [6, 6.07) is 7.10. The molecule has 0 saturated heterocycles. The minimum atomic E-state index is -0.527. The van der Waals surface area contributed by atoms with Crippen LogP contribution in [0.25, 0.3) is 0 Å². The number of amides is 2. The van der Waals surface area contributed by atoms with E-state index in [0.717, 1.165) is 5.56 Å². The summed E-state index contributed by atoms with van der Waals surface area (Å²) in [5, 5.41) is 9.27.